The number of hydrogen-bond acceptors (Lipinski definition) is 5. The van der Waals surface area contributed by atoms with Crippen LogP contribution in [-0.2, 0) is 9.36 Å². The van der Waals surface area contributed by atoms with Crippen molar-refractivity contribution in [2.24, 2.45) is 0 Å². The van der Waals surface area contributed by atoms with Crippen LogP contribution < -0.4 is 5.06 Å². The van der Waals surface area contributed by atoms with Gasteiger partial charge in [-0.1, -0.05) is 6.08 Å². The SMILES string of the molecule is C/C=C/N(CC(=O)N(O)c1cnc[nH]1)CP(=O)(O)O. The highest BCUT2D eigenvalue weighted by atomic mass is 31.2. The van der Waals surface area contributed by atoms with Gasteiger partial charge in [0.25, 0.3) is 5.91 Å². The largest absolute Gasteiger partial charge is 0.357 e. The van der Waals surface area contributed by atoms with E-state index in [1.165, 1.54) is 24.8 Å². The summed E-state index contributed by atoms with van der Waals surface area (Å²) in [7, 11) is -4.30. The molecule has 1 heterocycles. The Morgan fingerprint density at radius 1 is 1.58 bits per heavy atom. The van der Waals surface area contributed by atoms with Crippen LogP contribution >= 0.6 is 7.60 Å². The Balaban J connectivity index is 2.69. The number of carbonyl (C=O) groups is 1. The van der Waals surface area contributed by atoms with Gasteiger partial charge in [0.2, 0.25) is 0 Å². The zero-order valence-corrected chi connectivity index (χ0v) is 11.1. The second kappa shape index (κ2) is 6.48. The maximum Gasteiger partial charge on any atom is 0.344 e. The maximum atomic E-state index is 11.7. The number of nitrogens with zero attached hydrogens (tertiary/aromatic N) is 3. The van der Waals surface area contributed by atoms with E-state index < -0.39 is 19.8 Å². The van der Waals surface area contributed by atoms with E-state index in [-0.39, 0.29) is 12.4 Å². The van der Waals surface area contributed by atoms with Crippen LogP contribution in [0.4, 0.5) is 5.82 Å². The number of nitrogens with one attached hydrogen (secondary N) is 1. The lowest BCUT2D eigenvalue weighted by atomic mass is 10.5. The molecule has 9 nitrogen and oxygen atoms in total. The first-order valence-electron chi connectivity index (χ1n) is 5.25. The van der Waals surface area contributed by atoms with Gasteiger partial charge < -0.3 is 19.7 Å². The number of carbonyl (C=O) groups excluding carboxylic acids is 1. The molecule has 0 aromatic carbocycles. The molecule has 0 fully saturated rings. The molecule has 0 saturated heterocycles. The second-order valence-electron chi connectivity index (χ2n) is 3.68. The number of allylic oxidation sites excluding steroid dienone is 1. The van der Waals surface area contributed by atoms with Crippen LogP contribution in [0, 0.1) is 0 Å². The van der Waals surface area contributed by atoms with Gasteiger partial charge >= 0.3 is 7.60 Å². The minimum absolute atomic E-state index is 0.0709. The van der Waals surface area contributed by atoms with Crippen LogP contribution in [0.25, 0.3) is 0 Å². The number of hydroxylamine groups is 1. The van der Waals surface area contributed by atoms with E-state index in [1.807, 2.05) is 0 Å². The lowest BCUT2D eigenvalue weighted by molar-refractivity contribution is -0.124. The van der Waals surface area contributed by atoms with E-state index >= 15 is 0 Å². The van der Waals surface area contributed by atoms with Gasteiger partial charge in [0.1, 0.15) is 6.29 Å². The molecule has 0 radical (unpaired) electrons. The Morgan fingerprint density at radius 2 is 2.26 bits per heavy atom. The summed E-state index contributed by atoms with van der Waals surface area (Å²) in [6.07, 6.45) is 4.80. The highest BCUT2D eigenvalue weighted by molar-refractivity contribution is 7.51. The summed E-state index contributed by atoms with van der Waals surface area (Å²) in [5.41, 5.74) is 0. The summed E-state index contributed by atoms with van der Waals surface area (Å²) in [6, 6.07) is 0. The third-order valence-electron chi connectivity index (χ3n) is 2.01. The quantitative estimate of drug-likeness (QED) is 0.332. The van der Waals surface area contributed by atoms with Crippen LogP contribution in [0.1, 0.15) is 6.92 Å². The molecule has 4 N–H and O–H groups in total. The molecule has 1 amide bonds. The van der Waals surface area contributed by atoms with Gasteiger partial charge in [-0.2, -0.15) is 5.06 Å². The second-order valence-corrected chi connectivity index (χ2v) is 5.29. The van der Waals surface area contributed by atoms with Crippen molar-refractivity contribution >= 4 is 19.3 Å². The lowest BCUT2D eigenvalue weighted by Gasteiger charge is -2.22. The van der Waals surface area contributed by atoms with E-state index in [0.29, 0.717) is 5.06 Å². The standard InChI is InChI=1S/C9H15N4O5P/c1-2-3-12(7-19(16,17)18)5-9(14)13(15)8-4-10-6-11-8/h2-4,6,15H,5,7H2,1H3,(H,10,11)(H2,16,17,18)/b3-2+. The molecule has 106 valence electrons. The first kappa shape index (κ1) is 15.4. The Labute approximate surface area is 109 Å². The van der Waals surface area contributed by atoms with Crippen LogP contribution in [0.2, 0.25) is 0 Å². The van der Waals surface area contributed by atoms with Crippen LogP contribution in [0.15, 0.2) is 24.8 Å². The number of anilines is 1. The van der Waals surface area contributed by atoms with Gasteiger partial charge in [0.15, 0.2) is 5.82 Å². The molecule has 19 heavy (non-hydrogen) atoms. The van der Waals surface area contributed by atoms with Crippen LogP contribution in [-0.4, -0.2) is 48.6 Å². The monoisotopic (exact) mass is 290 g/mol. The number of rotatable bonds is 6. The van der Waals surface area contributed by atoms with Gasteiger partial charge in [-0.25, -0.2) is 4.98 Å². The topological polar surface area (TPSA) is 130 Å². The van der Waals surface area contributed by atoms with E-state index in [9.17, 15) is 14.6 Å². The van der Waals surface area contributed by atoms with E-state index in [1.54, 1.807) is 6.92 Å². The van der Waals surface area contributed by atoms with E-state index in [0.717, 1.165) is 4.90 Å². The predicted molar refractivity (Wildman–Crippen MR) is 66.3 cm³/mol. The smallest absolute Gasteiger partial charge is 0.344 e. The normalized spacial score (nSPS) is 11.8. The Bertz CT molecular complexity index is 483. The minimum Gasteiger partial charge on any atom is -0.357 e. The average Bonchev–Trinajstić information content (AvgIpc) is 2.79. The first-order chi connectivity index (χ1) is 8.83. The fourth-order valence-corrected chi connectivity index (χ4v) is 2.00. The summed E-state index contributed by atoms with van der Waals surface area (Å²) in [5.74, 6) is -0.683. The fourth-order valence-electron chi connectivity index (χ4n) is 1.34. The highest BCUT2D eigenvalue weighted by Gasteiger charge is 2.22. The molecular formula is C9H15N4O5P. The number of hydrogen-bond donors (Lipinski definition) is 4. The summed E-state index contributed by atoms with van der Waals surface area (Å²) >= 11 is 0. The number of imidazole rings is 1. The Kier molecular flexibility index (Phi) is 5.25. The number of H-pyrrole nitrogens is 1. The van der Waals surface area contributed by atoms with Crippen molar-refractivity contribution in [2.45, 2.75) is 6.92 Å². The molecule has 1 rings (SSSR count). The molecule has 0 spiro atoms. The van der Waals surface area contributed by atoms with Gasteiger partial charge in [0, 0.05) is 0 Å². The fraction of sp³-hybridized carbons (Fsp3) is 0.333. The van der Waals surface area contributed by atoms with Crippen molar-refractivity contribution in [1.82, 2.24) is 14.9 Å². The third-order valence-corrected chi connectivity index (χ3v) is 2.74. The van der Waals surface area contributed by atoms with Crippen molar-refractivity contribution < 1.29 is 24.4 Å². The number of aromatic amines is 1. The highest BCUT2D eigenvalue weighted by Crippen LogP contribution is 2.35. The van der Waals surface area contributed by atoms with Crippen molar-refractivity contribution in [3.05, 3.63) is 24.8 Å². The molecule has 0 aliphatic heterocycles. The summed E-state index contributed by atoms with van der Waals surface area (Å²) in [5, 5.41) is 9.90. The molecule has 0 aliphatic rings. The van der Waals surface area contributed by atoms with Gasteiger partial charge in [0.05, 0.1) is 19.1 Å². The zero-order chi connectivity index (χ0) is 14.5. The lowest BCUT2D eigenvalue weighted by Crippen LogP contribution is -2.37. The Morgan fingerprint density at radius 3 is 2.74 bits per heavy atom. The molecule has 1 aromatic rings. The molecule has 0 aliphatic carbocycles. The van der Waals surface area contributed by atoms with Crippen molar-refractivity contribution in [3.8, 4) is 0 Å². The summed E-state index contributed by atoms with van der Waals surface area (Å²) < 4.78 is 10.9. The summed E-state index contributed by atoms with van der Waals surface area (Å²) in [6.45, 7) is 1.26. The molecule has 0 bridgehead atoms. The third kappa shape index (κ3) is 5.23. The number of aromatic nitrogens is 2. The molecule has 0 saturated carbocycles. The van der Waals surface area contributed by atoms with Crippen LogP contribution in [0.3, 0.4) is 0 Å². The maximum absolute atomic E-state index is 11.7. The van der Waals surface area contributed by atoms with E-state index in [4.69, 9.17) is 9.79 Å². The molecule has 0 atom stereocenters. The molecule has 0 unspecified atom stereocenters. The zero-order valence-electron chi connectivity index (χ0n) is 10.2. The van der Waals surface area contributed by atoms with Gasteiger partial charge in [-0.15, -0.1) is 0 Å². The van der Waals surface area contributed by atoms with E-state index in [2.05, 4.69) is 9.97 Å². The minimum atomic E-state index is -4.30. The van der Waals surface area contributed by atoms with Crippen LogP contribution in [0.5, 0.6) is 0 Å². The first-order valence-corrected chi connectivity index (χ1v) is 7.05. The van der Waals surface area contributed by atoms with Crippen molar-refractivity contribution in [3.63, 3.8) is 0 Å². The van der Waals surface area contributed by atoms with Gasteiger partial charge in [-0.05, 0) is 13.1 Å². The predicted octanol–water partition coefficient (Wildman–Crippen LogP) is 0.103. The average molecular weight is 290 g/mol. The van der Waals surface area contributed by atoms with Gasteiger partial charge in [-0.3, -0.25) is 14.6 Å². The van der Waals surface area contributed by atoms with Crippen molar-refractivity contribution in [1.29, 1.82) is 0 Å². The summed E-state index contributed by atoms with van der Waals surface area (Å²) in [4.78, 5) is 36.8. The number of amides is 1. The Hall–Kier alpha value is -1.67. The molecule has 1 aromatic heterocycles. The van der Waals surface area contributed by atoms with Crippen molar-refractivity contribution in [2.75, 3.05) is 17.9 Å². The molecule has 10 heteroatoms. The molecular weight excluding hydrogens is 275 g/mol.